The Bertz CT molecular complexity index is 2060. The summed E-state index contributed by atoms with van der Waals surface area (Å²) >= 11 is 0. The van der Waals surface area contributed by atoms with Crippen molar-refractivity contribution in [2.75, 3.05) is 65.8 Å². The van der Waals surface area contributed by atoms with Crippen LogP contribution in [-0.4, -0.2) is 86.7 Å². The maximum Gasteiger partial charge on any atom is 0.419 e. The zero-order valence-electron chi connectivity index (χ0n) is 28.0. The monoisotopic (exact) mass is 701 g/mol. The molecule has 0 bridgehead atoms. The predicted molar refractivity (Wildman–Crippen MR) is 179 cm³/mol. The molecule has 3 N–H and O–H groups in total. The molecule has 268 valence electrons. The summed E-state index contributed by atoms with van der Waals surface area (Å²) in [6, 6.07) is 1.68. The average Bonchev–Trinajstić information content (AvgIpc) is 3.70. The lowest BCUT2D eigenvalue weighted by molar-refractivity contribution is -0.140. The molecule has 3 aromatic heterocycles. The number of halogens is 4. The molecule has 3 aliphatic rings. The number of carbonyl (C=O) groups is 1. The van der Waals surface area contributed by atoms with Gasteiger partial charge in [-0.15, -0.1) is 5.10 Å². The number of aromatic nitrogens is 6. The zero-order chi connectivity index (χ0) is 35.5. The van der Waals surface area contributed by atoms with Crippen LogP contribution < -0.4 is 36.5 Å². The van der Waals surface area contributed by atoms with Crippen LogP contribution >= 0.6 is 0 Å². The Morgan fingerprint density at radius 1 is 1.06 bits per heavy atom. The van der Waals surface area contributed by atoms with Gasteiger partial charge in [-0.25, -0.2) is 9.07 Å². The number of anilines is 4. The van der Waals surface area contributed by atoms with E-state index in [1.807, 2.05) is 28.5 Å². The summed E-state index contributed by atoms with van der Waals surface area (Å²) in [6.07, 6.45) is -0.887. The summed E-state index contributed by atoms with van der Waals surface area (Å²) in [5, 5.41) is 13.5. The molecule has 7 rings (SSSR count). The Hall–Kier alpha value is -4.87. The van der Waals surface area contributed by atoms with Crippen LogP contribution in [0.1, 0.15) is 49.6 Å². The van der Waals surface area contributed by atoms with Crippen molar-refractivity contribution >= 4 is 34.7 Å². The maximum atomic E-state index is 14.7. The van der Waals surface area contributed by atoms with E-state index in [-0.39, 0.29) is 41.2 Å². The number of aromatic amines is 1. The lowest BCUT2D eigenvalue weighted by Crippen LogP contribution is -2.54. The number of rotatable bonds is 8. The molecule has 0 unspecified atom stereocenters. The Labute approximate surface area is 283 Å². The van der Waals surface area contributed by atoms with Crippen LogP contribution in [0.3, 0.4) is 0 Å². The number of benzene rings is 1. The highest BCUT2D eigenvalue weighted by molar-refractivity contribution is 5.92. The van der Waals surface area contributed by atoms with Gasteiger partial charge in [0.15, 0.2) is 0 Å². The van der Waals surface area contributed by atoms with Gasteiger partial charge in [0.05, 0.1) is 17.3 Å². The van der Waals surface area contributed by atoms with E-state index >= 15 is 0 Å². The number of fused-ring (bicyclic) bond motifs is 1. The second kappa shape index (κ2) is 12.8. The van der Waals surface area contributed by atoms with Crippen molar-refractivity contribution in [2.24, 2.45) is 0 Å². The van der Waals surface area contributed by atoms with Gasteiger partial charge in [0.2, 0.25) is 17.6 Å². The molecule has 1 aromatic carbocycles. The molecule has 14 nitrogen and oxygen atoms in total. The molecule has 1 amide bonds. The van der Waals surface area contributed by atoms with Crippen LogP contribution in [0.25, 0.3) is 5.78 Å². The molecule has 0 spiro atoms. The first-order chi connectivity index (χ1) is 23.9. The summed E-state index contributed by atoms with van der Waals surface area (Å²) < 4.78 is 59.0. The van der Waals surface area contributed by atoms with Crippen LogP contribution in [-0.2, 0) is 23.9 Å². The molecule has 1 atom stereocenters. The molecule has 50 heavy (non-hydrogen) atoms. The summed E-state index contributed by atoms with van der Waals surface area (Å²) in [4.78, 5) is 51.6. The van der Waals surface area contributed by atoms with Gasteiger partial charge in [0, 0.05) is 69.3 Å². The number of amides is 1. The van der Waals surface area contributed by atoms with Gasteiger partial charge < -0.3 is 35.0 Å². The van der Waals surface area contributed by atoms with Crippen molar-refractivity contribution in [3.05, 3.63) is 61.7 Å². The second-order valence-corrected chi connectivity index (χ2v) is 13.1. The lowest BCUT2D eigenvalue weighted by Gasteiger charge is -2.41. The van der Waals surface area contributed by atoms with Gasteiger partial charge in [-0.1, -0.05) is 6.92 Å². The topological polar surface area (TPSA) is 141 Å². The molecule has 1 saturated carbocycles. The van der Waals surface area contributed by atoms with Gasteiger partial charge in [-0.2, -0.15) is 22.7 Å². The van der Waals surface area contributed by atoms with Gasteiger partial charge in [-0.3, -0.25) is 14.4 Å². The Balaban J connectivity index is 1.24. The minimum absolute atomic E-state index is 0.0666. The van der Waals surface area contributed by atoms with E-state index in [1.165, 1.54) is 11.4 Å². The molecule has 0 radical (unpaired) electrons. The van der Waals surface area contributed by atoms with Crippen molar-refractivity contribution in [3.63, 3.8) is 0 Å². The quantitative estimate of drug-likeness (QED) is 0.237. The molecular formula is C32H39F4N11O3. The summed E-state index contributed by atoms with van der Waals surface area (Å²) in [5.41, 5.74) is -0.898. The molecule has 5 heterocycles. The fourth-order valence-electron chi connectivity index (χ4n) is 6.99. The number of carbonyl (C=O) groups excluding carboxylic acids is 1. The van der Waals surface area contributed by atoms with Crippen molar-refractivity contribution in [1.29, 1.82) is 0 Å². The number of hydrogen-bond acceptors (Lipinski definition) is 9. The van der Waals surface area contributed by atoms with Gasteiger partial charge >= 0.3 is 6.18 Å². The standard InChI is InChI=1S/C32H39F4N11O3/c1-4-23-27(43-13-14-44(18(2)16-43)24-15-38-46(28(24)49)20-5-6-20)29(50)47-31(40-30(41-47)42-11-9-37-10-12-42)45(23)17-25(48)39-22-8-7-21(32(34,35)36)26(33)19(22)3/h7-8,15,18,20,37-38H,4-6,9-14,16-17H2,1-3H3,(H,39,48)/t18-/m1/s1. The van der Waals surface area contributed by atoms with Gasteiger partial charge in [-0.05, 0) is 45.2 Å². The molecule has 2 aliphatic heterocycles. The van der Waals surface area contributed by atoms with Crippen LogP contribution in [0.2, 0.25) is 0 Å². The van der Waals surface area contributed by atoms with Crippen molar-refractivity contribution in [3.8, 4) is 0 Å². The van der Waals surface area contributed by atoms with Crippen LogP contribution in [0, 0.1) is 12.7 Å². The van der Waals surface area contributed by atoms with E-state index in [2.05, 4.69) is 20.8 Å². The smallest absolute Gasteiger partial charge is 0.362 e. The summed E-state index contributed by atoms with van der Waals surface area (Å²) in [6.45, 7) is 8.52. The minimum atomic E-state index is -4.89. The third-order valence-electron chi connectivity index (χ3n) is 9.76. The van der Waals surface area contributed by atoms with Gasteiger partial charge in [0.25, 0.3) is 11.1 Å². The van der Waals surface area contributed by atoms with E-state index in [4.69, 9.17) is 4.98 Å². The van der Waals surface area contributed by atoms with E-state index in [0.717, 1.165) is 18.9 Å². The first-order valence-corrected chi connectivity index (χ1v) is 16.8. The third-order valence-corrected chi connectivity index (χ3v) is 9.76. The van der Waals surface area contributed by atoms with Crippen LogP contribution in [0.5, 0.6) is 0 Å². The number of hydrogen-bond donors (Lipinski definition) is 3. The first-order valence-electron chi connectivity index (χ1n) is 16.8. The Kier molecular flexibility index (Phi) is 8.60. The maximum absolute atomic E-state index is 14.7. The fourth-order valence-corrected chi connectivity index (χ4v) is 6.99. The Morgan fingerprint density at radius 3 is 2.46 bits per heavy atom. The van der Waals surface area contributed by atoms with E-state index in [0.29, 0.717) is 81.3 Å². The number of H-pyrrole nitrogens is 1. The fraction of sp³-hybridized carbons (Fsp3) is 0.531. The molecule has 3 fully saturated rings. The van der Waals surface area contributed by atoms with Crippen LogP contribution in [0.4, 0.5) is 40.6 Å². The number of nitrogens with one attached hydrogen (secondary N) is 3. The molecule has 2 saturated heterocycles. The normalized spacial score (nSPS) is 18.7. The van der Waals surface area contributed by atoms with E-state index in [1.54, 1.807) is 15.4 Å². The van der Waals surface area contributed by atoms with Crippen molar-refractivity contribution in [2.45, 2.75) is 64.8 Å². The van der Waals surface area contributed by atoms with E-state index < -0.39 is 29.0 Å². The second-order valence-electron chi connectivity index (χ2n) is 13.1. The lowest BCUT2D eigenvalue weighted by atomic mass is 10.1. The van der Waals surface area contributed by atoms with E-state index in [9.17, 15) is 31.9 Å². The zero-order valence-corrected chi connectivity index (χ0v) is 28.0. The highest BCUT2D eigenvalue weighted by Crippen LogP contribution is 2.35. The highest BCUT2D eigenvalue weighted by atomic mass is 19.4. The van der Waals surface area contributed by atoms with Gasteiger partial charge in [0.1, 0.15) is 23.7 Å². The van der Waals surface area contributed by atoms with Crippen molar-refractivity contribution < 1.29 is 22.4 Å². The highest BCUT2D eigenvalue weighted by Gasteiger charge is 2.36. The van der Waals surface area contributed by atoms with Crippen LogP contribution in [0.15, 0.2) is 27.9 Å². The molecule has 4 aromatic rings. The molecular weight excluding hydrogens is 662 g/mol. The number of piperazine rings is 2. The SMILES string of the molecule is CCc1c(N2CCN(c3c[nH]n(C4CC4)c3=O)[C@H](C)C2)c(=O)n2nc(N3CCNCC3)nc2n1CC(=O)Nc1ccc(C(F)(F)F)c(F)c1C. The largest absolute Gasteiger partial charge is 0.419 e. The molecule has 1 aliphatic carbocycles. The predicted octanol–water partition coefficient (Wildman–Crippen LogP) is 2.51. The first kappa shape index (κ1) is 33.6. The Morgan fingerprint density at radius 2 is 1.80 bits per heavy atom. The number of alkyl halides is 3. The summed E-state index contributed by atoms with van der Waals surface area (Å²) in [5.74, 6) is -1.65. The summed E-state index contributed by atoms with van der Waals surface area (Å²) in [7, 11) is 0. The minimum Gasteiger partial charge on any atom is -0.362 e. The average molecular weight is 702 g/mol. The number of nitrogens with zero attached hydrogens (tertiary/aromatic N) is 8. The third kappa shape index (κ3) is 5.98. The van der Waals surface area contributed by atoms with Crippen molar-refractivity contribution in [1.82, 2.24) is 34.3 Å². The molecule has 18 heteroatoms.